The summed E-state index contributed by atoms with van der Waals surface area (Å²) in [6.07, 6.45) is 0.160. The lowest BCUT2D eigenvalue weighted by Crippen LogP contribution is -2.34. The number of rotatable bonds is 4. The highest BCUT2D eigenvalue weighted by atomic mass is 32.1. The smallest absolute Gasteiger partial charge is 0.308 e. The van der Waals surface area contributed by atoms with Crippen molar-refractivity contribution in [2.24, 2.45) is 7.05 Å². The van der Waals surface area contributed by atoms with Crippen molar-refractivity contribution in [3.05, 3.63) is 68.4 Å². The van der Waals surface area contributed by atoms with Crippen molar-refractivity contribution in [3.63, 3.8) is 0 Å². The molecule has 1 aromatic heterocycles. The Morgan fingerprint density at radius 3 is 2.45 bits per heavy atom. The topological polar surface area (TPSA) is 60.8 Å². The van der Waals surface area contributed by atoms with E-state index in [1.54, 1.807) is 33.4 Å². The molecule has 2 heterocycles. The molecular weight excluding hydrogens is 395 g/mol. The minimum atomic E-state index is -0.390. The third-order valence-electron chi connectivity index (χ3n) is 5.07. The van der Waals surface area contributed by atoms with Crippen molar-refractivity contribution in [1.29, 1.82) is 0 Å². The number of hydrogen-bond donors (Lipinski definition) is 0. The zero-order valence-electron chi connectivity index (χ0n) is 16.1. The van der Waals surface area contributed by atoms with E-state index in [1.807, 2.05) is 6.07 Å². The molecule has 8 heteroatoms. The number of anilines is 2. The summed E-state index contributed by atoms with van der Waals surface area (Å²) in [4.78, 5) is 27.8. The van der Waals surface area contributed by atoms with Crippen molar-refractivity contribution in [3.8, 4) is 11.5 Å². The molecule has 0 bridgehead atoms. The minimum absolute atomic E-state index is 0.160. The average Bonchev–Trinajstić information content (AvgIpc) is 3.02. The van der Waals surface area contributed by atoms with Gasteiger partial charge in [-0.15, -0.1) is 0 Å². The lowest BCUT2D eigenvalue weighted by Gasteiger charge is -2.32. The molecule has 1 atom stereocenters. The van der Waals surface area contributed by atoms with Gasteiger partial charge in [0.25, 0.3) is 0 Å². The monoisotopic (exact) mass is 414 g/mol. The van der Waals surface area contributed by atoms with Crippen LogP contribution in [0.4, 0.5) is 15.9 Å². The Balaban J connectivity index is 1.89. The molecule has 0 saturated carbocycles. The summed E-state index contributed by atoms with van der Waals surface area (Å²) in [5.41, 5.74) is 1.33. The second-order valence-electron chi connectivity index (χ2n) is 6.69. The van der Waals surface area contributed by atoms with Gasteiger partial charge in [-0.05, 0) is 30.3 Å². The summed E-state index contributed by atoms with van der Waals surface area (Å²) < 4.78 is 25.6. The molecule has 6 nitrogen and oxygen atoms in total. The van der Waals surface area contributed by atoms with Crippen LogP contribution < -0.4 is 19.2 Å². The number of methoxy groups -OCH3 is 2. The highest BCUT2D eigenvalue weighted by Crippen LogP contribution is 2.47. The fraction of sp³-hybridized carbons (Fsp3) is 0.238. The molecule has 0 saturated heterocycles. The van der Waals surface area contributed by atoms with Crippen LogP contribution in [0.3, 0.4) is 0 Å². The maximum Gasteiger partial charge on any atom is 0.308 e. The highest BCUT2D eigenvalue weighted by Gasteiger charge is 2.38. The number of benzene rings is 2. The van der Waals surface area contributed by atoms with Crippen molar-refractivity contribution in [1.82, 2.24) is 4.57 Å². The normalized spacial score (nSPS) is 15.9. The van der Waals surface area contributed by atoms with Gasteiger partial charge in [0.1, 0.15) is 23.1 Å². The van der Waals surface area contributed by atoms with Crippen molar-refractivity contribution in [2.45, 2.75) is 12.3 Å². The molecule has 2 aromatic carbocycles. The second-order valence-corrected chi connectivity index (χ2v) is 7.68. The highest BCUT2D eigenvalue weighted by molar-refractivity contribution is 7.10. The second kappa shape index (κ2) is 7.36. The van der Waals surface area contributed by atoms with Gasteiger partial charge in [0.15, 0.2) is 0 Å². The van der Waals surface area contributed by atoms with Crippen LogP contribution in [0.1, 0.15) is 22.8 Å². The molecular formula is C21H19FN2O4S. The molecule has 0 spiro atoms. The molecule has 1 aliphatic heterocycles. The standard InChI is InChI=1S/C21H19FN2O4S/c1-23-20-19(29-21(23)26)16(15-9-8-14(27-2)10-17(15)28-3)11-18(25)24(20)13-6-4-12(22)5-7-13/h4-10,16H,11H2,1-3H3/t16-/m0/s1. The number of carbonyl (C=O) groups excluding carboxylic acids is 1. The van der Waals surface area contributed by atoms with Gasteiger partial charge in [-0.25, -0.2) is 4.39 Å². The van der Waals surface area contributed by atoms with E-state index in [-0.39, 0.29) is 23.1 Å². The van der Waals surface area contributed by atoms with Crippen LogP contribution in [0.2, 0.25) is 0 Å². The van der Waals surface area contributed by atoms with Crippen LogP contribution in [-0.4, -0.2) is 24.7 Å². The van der Waals surface area contributed by atoms with Gasteiger partial charge in [0.05, 0.1) is 24.8 Å². The summed E-state index contributed by atoms with van der Waals surface area (Å²) in [6, 6.07) is 11.1. The van der Waals surface area contributed by atoms with Gasteiger partial charge in [-0.3, -0.25) is 19.1 Å². The molecule has 29 heavy (non-hydrogen) atoms. The lowest BCUT2D eigenvalue weighted by atomic mass is 9.89. The summed E-state index contributed by atoms with van der Waals surface area (Å²) in [5, 5.41) is 0. The van der Waals surface area contributed by atoms with Crippen molar-refractivity contribution >= 4 is 28.7 Å². The molecule has 0 radical (unpaired) electrons. The van der Waals surface area contributed by atoms with E-state index in [0.29, 0.717) is 23.0 Å². The van der Waals surface area contributed by atoms with E-state index >= 15 is 0 Å². The van der Waals surface area contributed by atoms with Gasteiger partial charge in [-0.2, -0.15) is 0 Å². The third kappa shape index (κ3) is 3.19. The van der Waals surface area contributed by atoms with Crippen LogP contribution in [0.15, 0.2) is 47.3 Å². The SMILES string of the molecule is COc1ccc([C@@H]2CC(=O)N(c3ccc(F)cc3)c3c2sc(=O)n3C)c(OC)c1. The number of thiazole rings is 1. The maximum absolute atomic E-state index is 13.4. The summed E-state index contributed by atoms with van der Waals surface area (Å²) in [6.45, 7) is 0. The molecule has 0 unspecified atom stereocenters. The predicted molar refractivity (Wildman–Crippen MR) is 109 cm³/mol. The van der Waals surface area contributed by atoms with Crippen molar-refractivity contribution < 1.29 is 18.7 Å². The molecule has 0 N–H and O–H groups in total. The quantitative estimate of drug-likeness (QED) is 0.652. The fourth-order valence-corrected chi connectivity index (χ4v) is 4.72. The predicted octanol–water partition coefficient (Wildman–Crippen LogP) is 3.80. The Bertz CT molecular complexity index is 1140. The number of fused-ring (bicyclic) bond motifs is 1. The zero-order valence-corrected chi connectivity index (χ0v) is 17.0. The van der Waals surface area contributed by atoms with Gasteiger partial charge in [-0.1, -0.05) is 17.4 Å². The Morgan fingerprint density at radius 1 is 1.07 bits per heavy atom. The number of carbonyl (C=O) groups is 1. The van der Waals surface area contributed by atoms with E-state index in [2.05, 4.69) is 0 Å². The summed E-state index contributed by atoms with van der Waals surface area (Å²) in [5.74, 6) is 0.840. The van der Waals surface area contributed by atoms with Crippen LogP contribution in [0.25, 0.3) is 0 Å². The van der Waals surface area contributed by atoms with E-state index in [0.717, 1.165) is 21.8 Å². The van der Waals surface area contributed by atoms with Crippen LogP contribution in [0, 0.1) is 5.82 Å². The molecule has 4 rings (SSSR count). The Kier molecular flexibility index (Phi) is 4.87. The number of amides is 1. The first-order valence-corrected chi connectivity index (χ1v) is 9.76. The number of nitrogens with zero attached hydrogens (tertiary/aromatic N) is 2. The van der Waals surface area contributed by atoms with Crippen LogP contribution in [0.5, 0.6) is 11.5 Å². The third-order valence-corrected chi connectivity index (χ3v) is 6.20. The van der Waals surface area contributed by atoms with E-state index in [9.17, 15) is 14.0 Å². The van der Waals surface area contributed by atoms with Gasteiger partial charge < -0.3 is 9.47 Å². The Labute approximate surface area is 170 Å². The van der Waals surface area contributed by atoms with Gasteiger partial charge >= 0.3 is 4.87 Å². The number of ether oxygens (including phenoxy) is 2. The van der Waals surface area contributed by atoms with Gasteiger partial charge in [0, 0.05) is 31.0 Å². The number of halogens is 1. The molecule has 150 valence electrons. The van der Waals surface area contributed by atoms with Crippen molar-refractivity contribution in [2.75, 3.05) is 19.1 Å². The first-order chi connectivity index (χ1) is 13.9. The first-order valence-electron chi connectivity index (χ1n) is 8.94. The van der Waals surface area contributed by atoms with Crippen LogP contribution >= 0.6 is 11.3 Å². The number of aromatic nitrogens is 1. The molecule has 1 aliphatic rings. The van der Waals surface area contributed by atoms with E-state index < -0.39 is 5.82 Å². The van der Waals surface area contributed by atoms with E-state index in [1.165, 1.54) is 33.7 Å². The molecule has 3 aromatic rings. The average molecular weight is 414 g/mol. The fourth-order valence-electron chi connectivity index (χ4n) is 3.64. The lowest BCUT2D eigenvalue weighted by molar-refractivity contribution is -0.118. The largest absolute Gasteiger partial charge is 0.497 e. The van der Waals surface area contributed by atoms with E-state index in [4.69, 9.17) is 9.47 Å². The molecule has 1 amide bonds. The molecule has 0 aliphatic carbocycles. The summed E-state index contributed by atoms with van der Waals surface area (Å²) in [7, 11) is 4.76. The van der Waals surface area contributed by atoms with Gasteiger partial charge in [0.2, 0.25) is 5.91 Å². The maximum atomic E-state index is 13.4. The number of hydrogen-bond acceptors (Lipinski definition) is 5. The first kappa shape index (κ1) is 19.2. The molecule has 0 fully saturated rings. The van der Waals surface area contributed by atoms with Crippen LogP contribution in [-0.2, 0) is 11.8 Å². The zero-order chi connectivity index (χ0) is 20.7. The Hall–Kier alpha value is -3.13. The summed E-state index contributed by atoms with van der Waals surface area (Å²) >= 11 is 1.11. The Morgan fingerprint density at radius 2 is 1.79 bits per heavy atom. The minimum Gasteiger partial charge on any atom is -0.497 e.